The third kappa shape index (κ3) is 5.41. The maximum Gasteiger partial charge on any atom is 0.235 e. The number of fused-ring (bicyclic) bond motifs is 2. The van der Waals surface area contributed by atoms with Crippen LogP contribution in [0.3, 0.4) is 0 Å². The third-order valence-electron chi connectivity index (χ3n) is 8.96. The van der Waals surface area contributed by atoms with Crippen LogP contribution in [0.15, 0.2) is 36.5 Å². The molecule has 45 heavy (non-hydrogen) atoms. The van der Waals surface area contributed by atoms with Gasteiger partial charge in [-0.15, -0.1) is 0 Å². The Morgan fingerprint density at radius 1 is 1.07 bits per heavy atom. The summed E-state index contributed by atoms with van der Waals surface area (Å²) in [6.07, 6.45) is 3.57. The highest BCUT2D eigenvalue weighted by Crippen LogP contribution is 2.34. The van der Waals surface area contributed by atoms with Crippen LogP contribution in [0, 0.1) is 5.92 Å². The molecule has 3 amide bonds. The molecule has 3 aliphatic heterocycles. The monoisotopic (exact) mass is 628 g/mol. The summed E-state index contributed by atoms with van der Waals surface area (Å²) in [5.74, 6) is 1.15. The molecule has 3 atom stereocenters. The number of halogens is 1. The molecule has 14 heteroatoms. The number of hydrogen-bond donors (Lipinski definition) is 3. The number of likely N-dealkylation sites (N-methyl/N-ethyl adjacent to an activating group) is 1. The van der Waals surface area contributed by atoms with E-state index in [4.69, 9.17) is 21.6 Å². The van der Waals surface area contributed by atoms with E-state index in [0.29, 0.717) is 47.4 Å². The Hall–Kier alpha value is -4.78. The molecule has 3 aliphatic rings. The van der Waals surface area contributed by atoms with Crippen molar-refractivity contribution in [2.75, 3.05) is 40.6 Å². The summed E-state index contributed by atoms with van der Waals surface area (Å²) >= 11 is 6.48. The highest BCUT2D eigenvalue weighted by molar-refractivity contribution is 6.32. The molecule has 6 heterocycles. The number of nitrogens with zero attached hydrogens (tertiary/aromatic N) is 7. The van der Waals surface area contributed by atoms with Crippen LogP contribution in [0.2, 0.25) is 5.02 Å². The van der Waals surface area contributed by atoms with Crippen molar-refractivity contribution in [2.24, 2.45) is 13.0 Å². The largest absolute Gasteiger partial charge is 0.367 e. The number of benzene rings is 1. The second-order valence-electron chi connectivity index (χ2n) is 12.0. The van der Waals surface area contributed by atoms with Gasteiger partial charge < -0.3 is 20.4 Å². The smallest absolute Gasteiger partial charge is 0.235 e. The lowest BCUT2D eigenvalue weighted by Crippen LogP contribution is -2.46. The predicted octanol–water partition coefficient (Wildman–Crippen LogP) is 3.52. The lowest BCUT2D eigenvalue weighted by molar-refractivity contribution is -0.134. The molecule has 2 saturated heterocycles. The van der Waals surface area contributed by atoms with Crippen molar-refractivity contribution < 1.29 is 14.4 Å². The molecule has 1 aromatic carbocycles. The minimum atomic E-state index is -0.469. The van der Waals surface area contributed by atoms with Crippen LogP contribution < -0.4 is 25.8 Å². The first-order valence-electron chi connectivity index (χ1n) is 15.0. The number of pyridine rings is 1. The molecule has 4 aromatic rings. The van der Waals surface area contributed by atoms with Gasteiger partial charge in [-0.05, 0) is 54.7 Å². The highest BCUT2D eigenvalue weighted by Gasteiger charge is 2.33. The lowest BCUT2D eigenvalue weighted by atomic mass is 9.93. The van der Waals surface area contributed by atoms with E-state index in [0.717, 1.165) is 47.7 Å². The molecule has 0 spiro atoms. The first-order chi connectivity index (χ1) is 21.6. The van der Waals surface area contributed by atoms with Crippen molar-refractivity contribution in [3.05, 3.63) is 52.8 Å². The van der Waals surface area contributed by atoms with E-state index >= 15 is 0 Å². The van der Waals surface area contributed by atoms with Crippen LogP contribution in [0.4, 0.5) is 29.0 Å². The second kappa shape index (κ2) is 11.3. The fourth-order valence-corrected chi connectivity index (χ4v) is 6.60. The maximum atomic E-state index is 12.5. The normalized spacial score (nSPS) is 21.7. The Bertz CT molecular complexity index is 1860. The van der Waals surface area contributed by atoms with Gasteiger partial charge in [0.1, 0.15) is 10.8 Å². The average molecular weight is 629 g/mol. The first-order valence-corrected chi connectivity index (χ1v) is 15.4. The molecule has 0 aliphatic carbocycles. The number of amides is 3. The van der Waals surface area contributed by atoms with Crippen LogP contribution >= 0.6 is 11.6 Å². The third-order valence-corrected chi connectivity index (χ3v) is 9.23. The Balaban J connectivity index is 1.02. The molecular formula is C31H33ClN10O3. The Kier molecular flexibility index (Phi) is 7.27. The van der Waals surface area contributed by atoms with Crippen molar-refractivity contribution in [1.29, 1.82) is 0 Å². The minimum Gasteiger partial charge on any atom is -0.367 e. The van der Waals surface area contributed by atoms with Crippen molar-refractivity contribution in [1.82, 2.24) is 30.0 Å². The summed E-state index contributed by atoms with van der Waals surface area (Å²) in [5.41, 5.74) is 4.02. The molecule has 7 rings (SSSR count). The van der Waals surface area contributed by atoms with Crippen molar-refractivity contribution in [3.63, 3.8) is 0 Å². The summed E-state index contributed by atoms with van der Waals surface area (Å²) in [7, 11) is 3.60. The van der Waals surface area contributed by atoms with Gasteiger partial charge in [-0.2, -0.15) is 10.1 Å². The molecule has 3 N–H and O–H groups in total. The van der Waals surface area contributed by atoms with E-state index in [-0.39, 0.29) is 29.7 Å². The van der Waals surface area contributed by atoms with Gasteiger partial charge in [-0.3, -0.25) is 24.4 Å². The van der Waals surface area contributed by atoms with E-state index in [1.165, 1.54) is 0 Å². The van der Waals surface area contributed by atoms with Gasteiger partial charge in [0.05, 0.1) is 24.2 Å². The number of hydrogen-bond acceptors (Lipinski definition) is 10. The molecular weight excluding hydrogens is 596 g/mol. The van der Waals surface area contributed by atoms with Gasteiger partial charge >= 0.3 is 0 Å². The topological polar surface area (TPSA) is 150 Å². The summed E-state index contributed by atoms with van der Waals surface area (Å²) in [4.78, 5) is 54.1. The number of carbonyl (C=O) groups excluding carboxylic acids is 3. The number of aromatic nitrogens is 5. The fraction of sp³-hybridized carbons (Fsp3) is 0.387. The zero-order valence-corrected chi connectivity index (χ0v) is 25.9. The van der Waals surface area contributed by atoms with Gasteiger partial charge in [0.25, 0.3) is 0 Å². The summed E-state index contributed by atoms with van der Waals surface area (Å²) in [6, 6.07) is 9.84. The molecule has 0 saturated carbocycles. The summed E-state index contributed by atoms with van der Waals surface area (Å²) < 4.78 is 1.69. The molecule has 232 valence electrons. The summed E-state index contributed by atoms with van der Waals surface area (Å²) in [5, 5.41) is 15.1. The number of carbonyl (C=O) groups is 3. The number of imide groups is 1. The molecule has 2 fully saturated rings. The zero-order chi connectivity index (χ0) is 31.4. The number of anilines is 5. The van der Waals surface area contributed by atoms with Crippen LogP contribution in [-0.2, 0) is 27.9 Å². The van der Waals surface area contributed by atoms with Gasteiger partial charge in [-0.1, -0.05) is 18.5 Å². The standard InChI is InChI=1S/C31H33ClN10O3/c1-16-15-42(31-33-14-21(32)28(38-31)34-18-4-7-23-17(12-18)13-26(44)40(23)2)11-10-22(16)35-24-8-5-19-27(39-41(3)29(19)36-24)20-6-9-25(43)37-30(20)45/h4-5,7-8,12,14,16,20,22H,6,9-11,13,15H2,1-3H3,(H,35,36)(H,33,34,38)(H,37,43,45)/t16-,20?,22-/m1/s1. The quantitative estimate of drug-likeness (QED) is 0.271. The first kappa shape index (κ1) is 29.0. The highest BCUT2D eigenvalue weighted by atomic mass is 35.5. The number of rotatable bonds is 6. The van der Waals surface area contributed by atoms with E-state index < -0.39 is 5.92 Å². The SMILES string of the molecule is C[C@@H]1CN(c2ncc(Cl)c(Nc3ccc4c(c3)CC(=O)N4C)n2)CC[C@H]1Nc1ccc2c(C3CCC(=O)NC3=O)nn(C)c2n1. The molecule has 0 radical (unpaired) electrons. The average Bonchev–Trinajstić information content (AvgIpc) is 3.49. The van der Waals surface area contributed by atoms with E-state index in [9.17, 15) is 14.4 Å². The van der Waals surface area contributed by atoms with Gasteiger partial charge in [0.15, 0.2) is 11.5 Å². The summed E-state index contributed by atoms with van der Waals surface area (Å²) in [6.45, 7) is 3.66. The number of aryl methyl sites for hydroxylation is 1. The van der Waals surface area contributed by atoms with E-state index in [2.05, 4.69) is 37.9 Å². The predicted molar refractivity (Wildman–Crippen MR) is 171 cm³/mol. The Morgan fingerprint density at radius 3 is 2.71 bits per heavy atom. The maximum absolute atomic E-state index is 12.5. The van der Waals surface area contributed by atoms with Crippen LogP contribution in [-0.4, -0.2) is 68.6 Å². The molecule has 1 unspecified atom stereocenters. The van der Waals surface area contributed by atoms with E-state index in [1.807, 2.05) is 37.4 Å². The van der Waals surface area contributed by atoms with Crippen LogP contribution in [0.25, 0.3) is 11.0 Å². The van der Waals surface area contributed by atoms with Gasteiger partial charge in [-0.25, -0.2) is 9.97 Å². The van der Waals surface area contributed by atoms with Gasteiger partial charge in [0.2, 0.25) is 23.7 Å². The van der Waals surface area contributed by atoms with E-state index in [1.54, 1.807) is 22.8 Å². The lowest BCUT2D eigenvalue weighted by Gasteiger charge is -2.37. The number of piperidine rings is 2. The minimum absolute atomic E-state index is 0.0729. The zero-order valence-electron chi connectivity index (χ0n) is 25.2. The fourth-order valence-electron chi connectivity index (χ4n) is 6.46. The molecule has 0 bridgehead atoms. The molecule has 3 aromatic heterocycles. The Labute approximate surface area is 264 Å². The van der Waals surface area contributed by atoms with Crippen molar-refractivity contribution in [3.8, 4) is 0 Å². The van der Waals surface area contributed by atoms with Crippen molar-refractivity contribution in [2.45, 2.75) is 44.6 Å². The molecule has 13 nitrogen and oxygen atoms in total. The van der Waals surface area contributed by atoms with Crippen LogP contribution in [0.1, 0.15) is 43.4 Å². The Morgan fingerprint density at radius 2 is 1.91 bits per heavy atom. The number of nitrogens with one attached hydrogen (secondary N) is 3. The second-order valence-corrected chi connectivity index (χ2v) is 12.4. The van der Waals surface area contributed by atoms with Crippen LogP contribution in [0.5, 0.6) is 0 Å². The van der Waals surface area contributed by atoms with Crippen molar-refractivity contribution >= 4 is 69.3 Å². The van der Waals surface area contributed by atoms with Gasteiger partial charge in [0, 0.05) is 56.4 Å².